The molecule has 254 valence electrons. The number of carbonyl (C=O) groups is 2. The molecule has 4 rings (SSSR count). The summed E-state index contributed by atoms with van der Waals surface area (Å²) in [6.07, 6.45) is 6.92. The highest BCUT2D eigenvalue weighted by Gasteiger charge is 2.35. The average Bonchev–Trinajstić information content (AvgIpc) is 3.16. The molecular formula is C36H52ClN3O5S. The predicted molar refractivity (Wildman–Crippen MR) is 189 cm³/mol. The van der Waals surface area contributed by atoms with Crippen LogP contribution in [0.4, 0.5) is 10.5 Å². The van der Waals surface area contributed by atoms with Gasteiger partial charge >= 0.3 is 6.09 Å². The van der Waals surface area contributed by atoms with Crippen LogP contribution in [0.5, 0.6) is 5.75 Å². The number of carbonyl (C=O) groups excluding carboxylic acids is 2. The van der Waals surface area contributed by atoms with E-state index in [4.69, 9.17) is 26.2 Å². The number of alkyl carbamates (subject to hydrolysis) is 1. The Morgan fingerprint density at radius 1 is 1.13 bits per heavy atom. The van der Waals surface area contributed by atoms with Crippen molar-refractivity contribution in [3.05, 3.63) is 65.2 Å². The Balaban J connectivity index is 0.00000282. The van der Waals surface area contributed by atoms with E-state index in [9.17, 15) is 9.59 Å². The number of aliphatic hydroxyl groups is 1. The van der Waals surface area contributed by atoms with E-state index in [1.54, 1.807) is 34.6 Å². The Labute approximate surface area is 284 Å². The molecule has 3 N–H and O–H groups in total. The summed E-state index contributed by atoms with van der Waals surface area (Å²) >= 11 is 7.64. The average molecular weight is 674 g/mol. The quantitative estimate of drug-likeness (QED) is 0.165. The Kier molecular flexibility index (Phi) is 13.7. The van der Waals surface area contributed by atoms with Crippen molar-refractivity contribution in [3.63, 3.8) is 0 Å². The monoisotopic (exact) mass is 673 g/mol. The lowest BCUT2D eigenvalue weighted by Crippen LogP contribution is -2.54. The number of halogens is 1. The van der Waals surface area contributed by atoms with Crippen molar-refractivity contribution in [2.75, 3.05) is 31.7 Å². The summed E-state index contributed by atoms with van der Waals surface area (Å²) in [5.74, 6) is 1.96. The molecule has 46 heavy (non-hydrogen) atoms. The van der Waals surface area contributed by atoms with Crippen LogP contribution < -0.4 is 19.7 Å². The zero-order chi connectivity index (χ0) is 34.1. The van der Waals surface area contributed by atoms with Crippen LogP contribution in [0.25, 0.3) is 0 Å². The summed E-state index contributed by atoms with van der Waals surface area (Å²) in [6, 6.07) is 12.3. The first-order valence-corrected chi connectivity index (χ1v) is 17.3. The number of fused-ring (bicyclic) bond motifs is 1. The summed E-state index contributed by atoms with van der Waals surface area (Å²) in [5.41, 5.74) is 1.80. The summed E-state index contributed by atoms with van der Waals surface area (Å²) in [7, 11) is 1.00. The second kappa shape index (κ2) is 16.8. The highest BCUT2D eigenvalue weighted by Crippen LogP contribution is 2.43. The van der Waals surface area contributed by atoms with Crippen molar-refractivity contribution < 1.29 is 24.2 Å². The standard InChI is InChI=1S/C35H48ClN3O4S.CH4O/c1-8-10-23-12-13-25(23)20-39-21-26(29-16-14-27(36)18-24(29)11-9-2)22-42-31-17-15-28(19-30(31)39)44-38-32(40)35(6,7)37-33(41)43-34(3,4)5;1-2/h8,14-19,23,25-26H,1,9-13,20-22H2,2-7H3,(H,37,41)(H,38,40);2H,1H3. The Hall–Kier alpha value is -2.88. The number of amides is 2. The number of aryl methyl sites for hydroxylation is 1. The predicted octanol–water partition coefficient (Wildman–Crippen LogP) is 7.91. The molecule has 2 amide bonds. The van der Waals surface area contributed by atoms with Gasteiger partial charge in [-0.15, -0.1) is 6.58 Å². The lowest BCUT2D eigenvalue weighted by molar-refractivity contribution is -0.124. The Bertz CT molecular complexity index is 1350. The van der Waals surface area contributed by atoms with Crippen molar-refractivity contribution in [1.29, 1.82) is 0 Å². The van der Waals surface area contributed by atoms with Crippen LogP contribution in [0.1, 0.15) is 84.3 Å². The molecule has 1 saturated carbocycles. The minimum Gasteiger partial charge on any atom is -0.491 e. The van der Waals surface area contributed by atoms with Gasteiger partial charge in [0.2, 0.25) is 0 Å². The number of hydrogen-bond donors (Lipinski definition) is 3. The number of benzene rings is 2. The summed E-state index contributed by atoms with van der Waals surface area (Å²) < 4.78 is 14.7. The van der Waals surface area contributed by atoms with E-state index in [2.05, 4.69) is 46.6 Å². The van der Waals surface area contributed by atoms with Crippen molar-refractivity contribution >= 4 is 41.2 Å². The van der Waals surface area contributed by atoms with Crippen LogP contribution in [-0.4, -0.2) is 55.1 Å². The maximum Gasteiger partial charge on any atom is 0.408 e. The minimum atomic E-state index is -1.16. The van der Waals surface area contributed by atoms with Crippen LogP contribution in [0, 0.1) is 11.8 Å². The highest BCUT2D eigenvalue weighted by atomic mass is 35.5. The van der Waals surface area contributed by atoms with Crippen molar-refractivity contribution in [3.8, 4) is 5.75 Å². The first-order valence-electron chi connectivity index (χ1n) is 16.1. The number of aliphatic hydroxyl groups excluding tert-OH is 1. The molecule has 8 nitrogen and oxygen atoms in total. The van der Waals surface area contributed by atoms with E-state index >= 15 is 0 Å². The number of ether oxygens (including phenoxy) is 2. The zero-order valence-electron chi connectivity index (χ0n) is 28.5. The largest absolute Gasteiger partial charge is 0.491 e. The second-order valence-electron chi connectivity index (χ2n) is 13.5. The molecule has 0 radical (unpaired) electrons. The van der Waals surface area contributed by atoms with Crippen molar-refractivity contribution in [1.82, 2.24) is 10.0 Å². The van der Waals surface area contributed by atoms with Gasteiger partial charge < -0.3 is 24.8 Å². The van der Waals surface area contributed by atoms with Crippen LogP contribution in [0.2, 0.25) is 5.02 Å². The van der Waals surface area contributed by atoms with E-state index in [1.165, 1.54) is 35.9 Å². The first kappa shape index (κ1) is 37.6. The topological polar surface area (TPSA) is 100 Å². The molecule has 2 aliphatic rings. The number of anilines is 1. The number of hydrogen-bond acceptors (Lipinski definition) is 7. The van der Waals surface area contributed by atoms with Gasteiger partial charge in [-0.3, -0.25) is 9.52 Å². The van der Waals surface area contributed by atoms with Crippen LogP contribution in [-0.2, 0) is 16.0 Å². The fourth-order valence-corrected chi connectivity index (χ4v) is 6.86. The number of allylic oxidation sites excluding steroid dienone is 1. The van der Waals surface area contributed by atoms with Gasteiger partial charge in [-0.1, -0.05) is 37.1 Å². The molecule has 10 heteroatoms. The Morgan fingerprint density at radius 2 is 1.85 bits per heavy atom. The van der Waals surface area contributed by atoms with Gasteiger partial charge in [0.25, 0.3) is 5.91 Å². The highest BCUT2D eigenvalue weighted by molar-refractivity contribution is 7.98. The van der Waals surface area contributed by atoms with E-state index < -0.39 is 17.2 Å². The molecule has 1 aliphatic heterocycles. The normalized spacial score (nSPS) is 19.2. The third kappa shape index (κ3) is 10.3. The van der Waals surface area contributed by atoms with Gasteiger partial charge in [-0.2, -0.15) is 0 Å². The molecule has 3 atom stereocenters. The van der Waals surface area contributed by atoms with Gasteiger partial charge in [-0.25, -0.2) is 4.79 Å². The minimum absolute atomic E-state index is 0.190. The van der Waals surface area contributed by atoms with Gasteiger partial charge in [-0.05, 0) is 126 Å². The summed E-state index contributed by atoms with van der Waals surface area (Å²) in [6.45, 7) is 17.2. The van der Waals surface area contributed by atoms with Crippen LogP contribution in [0.15, 0.2) is 53.9 Å². The molecule has 1 fully saturated rings. The van der Waals surface area contributed by atoms with Gasteiger partial charge in [0.15, 0.2) is 0 Å². The third-order valence-electron chi connectivity index (χ3n) is 8.36. The molecule has 0 spiro atoms. The smallest absolute Gasteiger partial charge is 0.408 e. The maximum absolute atomic E-state index is 13.1. The fourth-order valence-electron chi connectivity index (χ4n) is 5.89. The van der Waals surface area contributed by atoms with Gasteiger partial charge in [0.05, 0.1) is 12.3 Å². The molecule has 1 heterocycles. The van der Waals surface area contributed by atoms with Gasteiger partial charge in [0, 0.05) is 36.0 Å². The van der Waals surface area contributed by atoms with E-state index in [0.29, 0.717) is 18.4 Å². The molecule has 3 unspecified atom stereocenters. The van der Waals surface area contributed by atoms with Crippen molar-refractivity contribution in [2.24, 2.45) is 11.8 Å². The number of nitrogens with zero attached hydrogens (tertiary/aromatic N) is 1. The van der Waals surface area contributed by atoms with Crippen molar-refractivity contribution in [2.45, 2.75) is 95.6 Å². The fraction of sp³-hybridized carbons (Fsp3) is 0.556. The SMILES string of the molecule is C=CCC1CCC1CN1CC(c2ccc(Cl)cc2CCC)COc2ccc(SNC(=O)C(C)(C)NC(=O)OC(C)(C)C)cc21.CO. The van der Waals surface area contributed by atoms with E-state index in [-0.39, 0.29) is 11.8 Å². The molecule has 2 aromatic carbocycles. The maximum atomic E-state index is 13.1. The molecule has 2 aromatic rings. The lowest BCUT2D eigenvalue weighted by Gasteiger charge is -2.41. The molecular weight excluding hydrogens is 622 g/mol. The van der Waals surface area contributed by atoms with Gasteiger partial charge in [0.1, 0.15) is 16.9 Å². The molecule has 0 saturated heterocycles. The number of nitrogens with one attached hydrogen (secondary N) is 2. The van der Waals surface area contributed by atoms with E-state index in [1.807, 2.05) is 24.3 Å². The molecule has 0 bridgehead atoms. The Morgan fingerprint density at radius 3 is 2.48 bits per heavy atom. The van der Waals surface area contributed by atoms with E-state index in [0.717, 1.165) is 60.8 Å². The number of rotatable bonds is 11. The summed E-state index contributed by atoms with van der Waals surface area (Å²) in [5, 5.41) is 10.4. The lowest BCUT2D eigenvalue weighted by atomic mass is 9.71. The summed E-state index contributed by atoms with van der Waals surface area (Å²) in [4.78, 5) is 28.8. The van der Waals surface area contributed by atoms with Crippen LogP contribution >= 0.6 is 23.5 Å². The first-order chi connectivity index (χ1) is 21.8. The third-order valence-corrected chi connectivity index (χ3v) is 9.37. The molecule has 0 aromatic heterocycles. The zero-order valence-corrected chi connectivity index (χ0v) is 30.0. The molecule has 1 aliphatic carbocycles. The van der Waals surface area contributed by atoms with Crippen LogP contribution in [0.3, 0.4) is 0 Å². The second-order valence-corrected chi connectivity index (χ2v) is 14.9.